The summed E-state index contributed by atoms with van der Waals surface area (Å²) in [6.45, 7) is 9.99. The van der Waals surface area contributed by atoms with Gasteiger partial charge in [0, 0.05) is 30.2 Å². The molecular weight excluding hydrogens is 355 g/mol. The van der Waals surface area contributed by atoms with Crippen molar-refractivity contribution in [1.82, 2.24) is 14.6 Å². The Labute approximate surface area is 164 Å². The second kappa shape index (κ2) is 7.17. The van der Waals surface area contributed by atoms with Gasteiger partial charge < -0.3 is 10.1 Å². The molecule has 6 heteroatoms. The van der Waals surface area contributed by atoms with Crippen LogP contribution in [0.25, 0.3) is 16.8 Å². The lowest BCUT2D eigenvalue weighted by molar-refractivity contribution is 0.120. The highest BCUT2D eigenvalue weighted by Gasteiger charge is 2.23. The monoisotopic (exact) mass is 382 g/mol. The minimum absolute atomic E-state index is 0.111. The molecule has 0 aliphatic carbocycles. The molecule has 2 aromatic heterocycles. The fourth-order valence-electron chi connectivity index (χ4n) is 3.61. The zero-order chi connectivity index (χ0) is 19.9. The van der Waals surface area contributed by atoms with Crippen LogP contribution in [0.2, 0.25) is 0 Å². The van der Waals surface area contributed by atoms with Gasteiger partial charge in [0.2, 0.25) is 0 Å². The lowest BCUT2D eigenvalue weighted by Crippen LogP contribution is -2.21. The van der Waals surface area contributed by atoms with Crippen LogP contribution < -0.4 is 5.32 Å². The van der Waals surface area contributed by atoms with Gasteiger partial charge in [-0.2, -0.15) is 9.61 Å². The number of halogens is 1. The summed E-state index contributed by atoms with van der Waals surface area (Å²) < 4.78 is 21.0. The topological polar surface area (TPSA) is 51.5 Å². The van der Waals surface area contributed by atoms with Crippen molar-refractivity contribution in [2.75, 3.05) is 18.5 Å². The number of fused-ring (bicyclic) bond motifs is 1. The van der Waals surface area contributed by atoms with Gasteiger partial charge in [-0.3, -0.25) is 0 Å². The van der Waals surface area contributed by atoms with Crippen molar-refractivity contribution in [3.63, 3.8) is 0 Å². The molecule has 1 fully saturated rings. The van der Waals surface area contributed by atoms with E-state index in [1.54, 1.807) is 12.1 Å². The Kier molecular flexibility index (Phi) is 4.83. The number of aryl methyl sites for hydroxylation is 1. The summed E-state index contributed by atoms with van der Waals surface area (Å²) in [5, 5.41) is 8.26. The van der Waals surface area contributed by atoms with Gasteiger partial charge in [0.15, 0.2) is 5.65 Å². The highest BCUT2D eigenvalue weighted by Crippen LogP contribution is 2.32. The molecular formula is C22H27FN4O. The number of aromatic nitrogens is 3. The van der Waals surface area contributed by atoms with Gasteiger partial charge in [-0.15, -0.1) is 0 Å². The SMILES string of the molecule is Cc1nn2c(NCC3CCCO3)cc(C(C)(C)C)nc2c1-c1ccc(F)cc1. The van der Waals surface area contributed by atoms with Gasteiger partial charge in [0.1, 0.15) is 11.6 Å². The third-order valence-electron chi connectivity index (χ3n) is 5.20. The summed E-state index contributed by atoms with van der Waals surface area (Å²) >= 11 is 0. The smallest absolute Gasteiger partial charge is 0.165 e. The molecule has 1 aliphatic heterocycles. The third kappa shape index (κ3) is 3.61. The van der Waals surface area contributed by atoms with Crippen LogP contribution in [0.5, 0.6) is 0 Å². The number of hydrogen-bond donors (Lipinski definition) is 1. The van der Waals surface area contributed by atoms with Crippen LogP contribution in [0.3, 0.4) is 0 Å². The highest BCUT2D eigenvalue weighted by atomic mass is 19.1. The predicted molar refractivity (Wildman–Crippen MR) is 109 cm³/mol. The van der Waals surface area contributed by atoms with Crippen molar-refractivity contribution < 1.29 is 9.13 Å². The minimum Gasteiger partial charge on any atom is -0.376 e. The van der Waals surface area contributed by atoms with E-state index in [9.17, 15) is 4.39 Å². The van der Waals surface area contributed by atoms with Gasteiger partial charge in [-0.1, -0.05) is 32.9 Å². The summed E-state index contributed by atoms with van der Waals surface area (Å²) in [5.41, 5.74) is 4.37. The molecule has 1 saturated heterocycles. The number of hydrogen-bond acceptors (Lipinski definition) is 4. The standard InChI is InChI=1S/C22H27FN4O/c1-14-20(15-7-9-16(23)10-8-15)21-25-18(22(2,3)4)12-19(27(21)26-14)24-13-17-6-5-11-28-17/h7-10,12,17,24H,5-6,11,13H2,1-4H3. The number of ether oxygens (including phenoxy) is 1. The minimum atomic E-state index is -0.250. The van der Waals surface area contributed by atoms with Gasteiger partial charge in [-0.25, -0.2) is 9.37 Å². The van der Waals surface area contributed by atoms with Crippen molar-refractivity contribution in [2.45, 2.75) is 52.1 Å². The van der Waals surface area contributed by atoms with Crippen LogP contribution in [0, 0.1) is 12.7 Å². The van der Waals surface area contributed by atoms with E-state index in [-0.39, 0.29) is 17.3 Å². The second-order valence-corrected chi connectivity index (χ2v) is 8.50. The van der Waals surface area contributed by atoms with Gasteiger partial charge in [0.25, 0.3) is 0 Å². The number of benzene rings is 1. The molecule has 0 saturated carbocycles. The predicted octanol–water partition coefficient (Wildman–Crippen LogP) is 4.73. The Morgan fingerprint density at radius 1 is 1.25 bits per heavy atom. The normalized spacial score (nSPS) is 17.4. The largest absolute Gasteiger partial charge is 0.376 e. The molecule has 1 unspecified atom stereocenters. The first kappa shape index (κ1) is 18.9. The van der Waals surface area contributed by atoms with E-state index < -0.39 is 0 Å². The molecule has 148 valence electrons. The lowest BCUT2D eigenvalue weighted by atomic mass is 9.92. The van der Waals surface area contributed by atoms with E-state index in [4.69, 9.17) is 14.8 Å². The second-order valence-electron chi connectivity index (χ2n) is 8.50. The molecule has 3 heterocycles. The molecule has 3 aromatic rings. The van der Waals surface area contributed by atoms with Crippen molar-refractivity contribution in [3.05, 3.63) is 47.5 Å². The molecule has 0 amide bonds. The van der Waals surface area contributed by atoms with E-state index >= 15 is 0 Å². The maximum absolute atomic E-state index is 13.4. The van der Waals surface area contributed by atoms with Crippen LogP contribution >= 0.6 is 0 Å². The number of anilines is 1. The fraction of sp³-hybridized carbons (Fsp3) is 0.455. The number of nitrogens with zero attached hydrogens (tertiary/aromatic N) is 3. The first-order chi connectivity index (χ1) is 13.3. The summed E-state index contributed by atoms with van der Waals surface area (Å²) in [5.74, 6) is 0.655. The fourth-order valence-corrected chi connectivity index (χ4v) is 3.61. The lowest BCUT2D eigenvalue weighted by Gasteiger charge is -2.20. The van der Waals surface area contributed by atoms with Crippen LogP contribution in [0.4, 0.5) is 10.2 Å². The first-order valence-corrected chi connectivity index (χ1v) is 9.85. The van der Waals surface area contributed by atoms with Gasteiger partial charge in [-0.05, 0) is 37.5 Å². The highest BCUT2D eigenvalue weighted by molar-refractivity contribution is 5.81. The van der Waals surface area contributed by atoms with Crippen LogP contribution in [0.1, 0.15) is 45.0 Å². The van der Waals surface area contributed by atoms with Crippen molar-refractivity contribution in [1.29, 1.82) is 0 Å². The Morgan fingerprint density at radius 3 is 2.64 bits per heavy atom. The third-order valence-corrected chi connectivity index (χ3v) is 5.20. The van der Waals surface area contributed by atoms with E-state index in [0.29, 0.717) is 0 Å². The molecule has 5 nitrogen and oxygen atoms in total. The maximum atomic E-state index is 13.4. The van der Waals surface area contributed by atoms with Gasteiger partial charge in [0.05, 0.1) is 17.5 Å². The van der Waals surface area contributed by atoms with Crippen LogP contribution in [-0.4, -0.2) is 33.9 Å². The summed E-state index contributed by atoms with van der Waals surface area (Å²) in [4.78, 5) is 4.94. The molecule has 1 aliphatic rings. The Bertz CT molecular complexity index is 982. The zero-order valence-electron chi connectivity index (χ0n) is 16.9. The summed E-state index contributed by atoms with van der Waals surface area (Å²) in [7, 11) is 0. The van der Waals surface area contributed by atoms with E-state index in [1.165, 1.54) is 12.1 Å². The van der Waals surface area contributed by atoms with E-state index in [0.717, 1.165) is 60.0 Å². The molecule has 0 spiro atoms. The van der Waals surface area contributed by atoms with Crippen LogP contribution in [-0.2, 0) is 10.2 Å². The average Bonchev–Trinajstić information content (AvgIpc) is 3.27. The zero-order valence-corrected chi connectivity index (χ0v) is 16.9. The van der Waals surface area contributed by atoms with Crippen molar-refractivity contribution in [2.24, 2.45) is 0 Å². The Balaban J connectivity index is 1.83. The van der Waals surface area contributed by atoms with Crippen molar-refractivity contribution >= 4 is 11.5 Å². The first-order valence-electron chi connectivity index (χ1n) is 9.85. The molecule has 1 N–H and O–H groups in total. The molecule has 0 bridgehead atoms. The number of rotatable bonds is 4. The Morgan fingerprint density at radius 2 is 2.00 bits per heavy atom. The molecule has 1 atom stereocenters. The van der Waals surface area contributed by atoms with Crippen molar-refractivity contribution in [3.8, 4) is 11.1 Å². The maximum Gasteiger partial charge on any atom is 0.165 e. The summed E-state index contributed by atoms with van der Waals surface area (Å²) in [6, 6.07) is 8.59. The molecule has 28 heavy (non-hydrogen) atoms. The Hall–Kier alpha value is -2.47. The molecule has 4 rings (SSSR count). The van der Waals surface area contributed by atoms with Crippen LogP contribution in [0.15, 0.2) is 30.3 Å². The molecule has 0 radical (unpaired) electrons. The van der Waals surface area contributed by atoms with E-state index in [2.05, 4.69) is 32.2 Å². The summed E-state index contributed by atoms with van der Waals surface area (Å²) in [6.07, 6.45) is 2.42. The van der Waals surface area contributed by atoms with Gasteiger partial charge >= 0.3 is 0 Å². The number of nitrogens with one attached hydrogen (secondary N) is 1. The average molecular weight is 382 g/mol. The molecule has 1 aromatic carbocycles. The van der Waals surface area contributed by atoms with E-state index in [1.807, 2.05) is 11.4 Å². The quantitative estimate of drug-likeness (QED) is 0.709.